The molecule has 24 heavy (non-hydrogen) atoms. The van der Waals surface area contributed by atoms with Gasteiger partial charge in [0.05, 0.1) is 31.5 Å². The van der Waals surface area contributed by atoms with Gasteiger partial charge in [-0.2, -0.15) is 0 Å². The van der Waals surface area contributed by atoms with Crippen LogP contribution in [0.5, 0.6) is 0 Å². The van der Waals surface area contributed by atoms with Crippen molar-refractivity contribution in [1.29, 1.82) is 0 Å². The van der Waals surface area contributed by atoms with Crippen molar-refractivity contribution in [1.82, 2.24) is 9.88 Å². The molecule has 0 fully saturated rings. The molecule has 1 heterocycles. The van der Waals surface area contributed by atoms with E-state index in [0.29, 0.717) is 19.6 Å². The lowest BCUT2D eigenvalue weighted by atomic mass is 10.2. The van der Waals surface area contributed by atoms with Crippen LogP contribution in [0.15, 0.2) is 54.7 Å². The summed E-state index contributed by atoms with van der Waals surface area (Å²) in [4.78, 5) is 18.5. The summed E-state index contributed by atoms with van der Waals surface area (Å²) < 4.78 is 5.55. The highest BCUT2D eigenvalue weighted by molar-refractivity contribution is 5.77. The van der Waals surface area contributed by atoms with Crippen LogP contribution in [0, 0.1) is 0 Å². The number of hydrogen-bond acceptors (Lipinski definition) is 4. The standard InChI is InChI=1S/C19H24N2O3/c1-2-18(13-22)21(12-17-10-6-7-11-20-17)19(23)15-24-14-16-8-4-3-5-9-16/h3-11,18,22H,2,12-15H2,1H3. The second-order valence-electron chi connectivity index (χ2n) is 5.57. The third kappa shape index (κ3) is 5.44. The topological polar surface area (TPSA) is 62.7 Å². The normalized spacial score (nSPS) is 11.9. The highest BCUT2D eigenvalue weighted by Gasteiger charge is 2.22. The fourth-order valence-corrected chi connectivity index (χ4v) is 2.45. The van der Waals surface area contributed by atoms with Crippen LogP contribution in [0.4, 0.5) is 0 Å². The minimum Gasteiger partial charge on any atom is -0.394 e. The molecule has 0 bridgehead atoms. The summed E-state index contributed by atoms with van der Waals surface area (Å²) in [6, 6.07) is 15.1. The molecule has 0 aliphatic rings. The number of aliphatic hydroxyl groups excluding tert-OH is 1. The number of pyridine rings is 1. The van der Waals surface area contributed by atoms with E-state index in [0.717, 1.165) is 11.3 Å². The lowest BCUT2D eigenvalue weighted by Gasteiger charge is -2.29. The molecule has 0 aliphatic heterocycles. The first-order valence-corrected chi connectivity index (χ1v) is 8.16. The van der Waals surface area contributed by atoms with Crippen LogP contribution in [0.25, 0.3) is 0 Å². The molecule has 1 atom stereocenters. The number of aliphatic hydroxyl groups is 1. The molecule has 5 heteroatoms. The van der Waals surface area contributed by atoms with Crippen LogP contribution in [0.3, 0.4) is 0 Å². The smallest absolute Gasteiger partial charge is 0.249 e. The highest BCUT2D eigenvalue weighted by atomic mass is 16.5. The maximum atomic E-state index is 12.6. The van der Waals surface area contributed by atoms with Crippen molar-refractivity contribution in [3.8, 4) is 0 Å². The molecular formula is C19H24N2O3. The van der Waals surface area contributed by atoms with E-state index in [4.69, 9.17) is 4.74 Å². The van der Waals surface area contributed by atoms with Crippen LogP contribution >= 0.6 is 0 Å². The molecule has 0 saturated heterocycles. The first kappa shape index (κ1) is 18.1. The predicted octanol–water partition coefficient (Wildman–Crippen LogP) is 2.40. The van der Waals surface area contributed by atoms with Crippen molar-refractivity contribution >= 4 is 5.91 Å². The Hall–Kier alpha value is -2.24. The molecule has 2 aromatic rings. The molecular weight excluding hydrogens is 304 g/mol. The number of nitrogens with zero attached hydrogens (tertiary/aromatic N) is 2. The fourth-order valence-electron chi connectivity index (χ4n) is 2.45. The number of hydrogen-bond donors (Lipinski definition) is 1. The molecule has 0 aliphatic carbocycles. The zero-order valence-electron chi connectivity index (χ0n) is 14.0. The van der Waals surface area contributed by atoms with Gasteiger partial charge < -0.3 is 14.7 Å². The van der Waals surface area contributed by atoms with Crippen LogP contribution < -0.4 is 0 Å². The largest absolute Gasteiger partial charge is 0.394 e. The van der Waals surface area contributed by atoms with Crippen molar-refractivity contribution < 1.29 is 14.6 Å². The summed E-state index contributed by atoms with van der Waals surface area (Å²) in [5.74, 6) is -0.141. The Balaban J connectivity index is 1.96. The molecule has 2 rings (SSSR count). The van der Waals surface area contributed by atoms with Gasteiger partial charge in [-0.05, 0) is 24.1 Å². The molecule has 1 aromatic carbocycles. The molecule has 128 valence electrons. The summed E-state index contributed by atoms with van der Waals surface area (Å²) in [7, 11) is 0. The fraction of sp³-hybridized carbons (Fsp3) is 0.368. The molecule has 0 saturated carbocycles. The van der Waals surface area contributed by atoms with Gasteiger partial charge in [0, 0.05) is 6.20 Å². The average Bonchev–Trinajstić information content (AvgIpc) is 2.63. The number of rotatable bonds is 9. The SMILES string of the molecule is CCC(CO)N(Cc1ccccn1)C(=O)COCc1ccccc1. The highest BCUT2D eigenvalue weighted by Crippen LogP contribution is 2.10. The molecule has 0 spiro atoms. The van der Waals surface area contributed by atoms with E-state index in [1.54, 1.807) is 11.1 Å². The maximum absolute atomic E-state index is 12.6. The average molecular weight is 328 g/mol. The van der Waals surface area contributed by atoms with Crippen molar-refractivity contribution in [2.24, 2.45) is 0 Å². The van der Waals surface area contributed by atoms with Gasteiger partial charge in [-0.15, -0.1) is 0 Å². The summed E-state index contributed by atoms with van der Waals surface area (Å²) in [5.41, 5.74) is 1.82. The minimum absolute atomic E-state index is 0.0156. The van der Waals surface area contributed by atoms with Crippen molar-refractivity contribution in [2.75, 3.05) is 13.2 Å². The molecule has 1 unspecified atom stereocenters. The summed E-state index contributed by atoms with van der Waals surface area (Å²) in [5, 5.41) is 9.57. The maximum Gasteiger partial charge on any atom is 0.249 e. The molecule has 1 N–H and O–H groups in total. The Morgan fingerprint density at radius 2 is 1.96 bits per heavy atom. The van der Waals surface area contributed by atoms with E-state index >= 15 is 0 Å². The molecule has 1 amide bonds. The number of carbonyl (C=O) groups excluding carboxylic acids is 1. The number of carbonyl (C=O) groups is 1. The van der Waals surface area contributed by atoms with E-state index in [-0.39, 0.29) is 25.2 Å². The van der Waals surface area contributed by atoms with Crippen LogP contribution in [0.1, 0.15) is 24.6 Å². The lowest BCUT2D eigenvalue weighted by molar-refractivity contribution is -0.140. The van der Waals surface area contributed by atoms with Crippen LogP contribution in [-0.2, 0) is 22.7 Å². The third-order valence-corrected chi connectivity index (χ3v) is 3.84. The van der Waals surface area contributed by atoms with Gasteiger partial charge >= 0.3 is 0 Å². The number of ether oxygens (including phenoxy) is 1. The van der Waals surface area contributed by atoms with Gasteiger partial charge in [0.1, 0.15) is 6.61 Å². The van der Waals surface area contributed by atoms with Gasteiger partial charge in [0.25, 0.3) is 0 Å². The van der Waals surface area contributed by atoms with Crippen LogP contribution in [0.2, 0.25) is 0 Å². The Bertz CT molecular complexity index is 601. The molecule has 0 radical (unpaired) electrons. The van der Waals surface area contributed by atoms with Gasteiger partial charge in [0.15, 0.2) is 0 Å². The predicted molar refractivity (Wildman–Crippen MR) is 92.0 cm³/mol. The van der Waals surface area contributed by atoms with Crippen LogP contribution in [-0.4, -0.2) is 40.2 Å². The van der Waals surface area contributed by atoms with E-state index < -0.39 is 0 Å². The number of benzene rings is 1. The van der Waals surface area contributed by atoms with Gasteiger partial charge in [-0.25, -0.2) is 0 Å². The minimum atomic E-state index is -0.236. The van der Waals surface area contributed by atoms with Gasteiger partial charge in [-0.1, -0.05) is 43.3 Å². The Morgan fingerprint density at radius 3 is 2.58 bits per heavy atom. The zero-order valence-corrected chi connectivity index (χ0v) is 14.0. The summed E-state index contributed by atoms with van der Waals surface area (Å²) in [6.45, 7) is 2.61. The molecule has 5 nitrogen and oxygen atoms in total. The van der Waals surface area contributed by atoms with Gasteiger partial charge in [-0.3, -0.25) is 9.78 Å². The number of amides is 1. The monoisotopic (exact) mass is 328 g/mol. The first-order valence-electron chi connectivity index (χ1n) is 8.16. The second kappa shape index (κ2) is 9.80. The Kier molecular flexibility index (Phi) is 7.39. The third-order valence-electron chi connectivity index (χ3n) is 3.84. The zero-order chi connectivity index (χ0) is 17.2. The lowest BCUT2D eigenvalue weighted by Crippen LogP contribution is -2.43. The van der Waals surface area contributed by atoms with Crippen molar-refractivity contribution in [2.45, 2.75) is 32.5 Å². The van der Waals surface area contributed by atoms with E-state index in [1.807, 2.05) is 55.5 Å². The van der Waals surface area contributed by atoms with Crippen molar-refractivity contribution in [3.63, 3.8) is 0 Å². The Morgan fingerprint density at radius 1 is 1.21 bits per heavy atom. The number of aromatic nitrogens is 1. The second-order valence-corrected chi connectivity index (χ2v) is 5.57. The van der Waals surface area contributed by atoms with E-state index in [1.165, 1.54) is 0 Å². The summed E-state index contributed by atoms with van der Waals surface area (Å²) >= 11 is 0. The first-order chi connectivity index (χ1) is 11.7. The Labute approximate surface area is 142 Å². The molecule has 1 aromatic heterocycles. The van der Waals surface area contributed by atoms with E-state index in [2.05, 4.69) is 4.98 Å². The quantitative estimate of drug-likeness (QED) is 0.768. The van der Waals surface area contributed by atoms with Crippen molar-refractivity contribution in [3.05, 3.63) is 66.0 Å². The van der Waals surface area contributed by atoms with Gasteiger partial charge in [0.2, 0.25) is 5.91 Å². The summed E-state index contributed by atoms with van der Waals surface area (Å²) in [6.07, 6.45) is 2.37. The van der Waals surface area contributed by atoms with E-state index in [9.17, 15) is 9.90 Å².